The molecule has 2 N–H and O–H groups in total. The number of fused-ring (bicyclic) bond motifs is 1. The van der Waals surface area contributed by atoms with Crippen molar-refractivity contribution in [3.8, 4) is 5.75 Å². The number of thioether (sulfide) groups is 1. The van der Waals surface area contributed by atoms with Crippen molar-refractivity contribution in [1.29, 1.82) is 0 Å². The summed E-state index contributed by atoms with van der Waals surface area (Å²) in [6, 6.07) is 11.3. The molecule has 124 valence electrons. The standard InChI is InChI=1S/C17H15FN2O3S/c18-12-2-1-3-13(7-12)23-9-16(21)19-8-11-4-5-15-14(6-11)20-17(22)10-24-15/h1-7H,8-10H2,(H,19,21)(H,20,22). The van der Waals surface area contributed by atoms with Crippen LogP contribution in [0.4, 0.5) is 10.1 Å². The van der Waals surface area contributed by atoms with Gasteiger partial charge in [-0.05, 0) is 29.8 Å². The van der Waals surface area contributed by atoms with Gasteiger partial charge >= 0.3 is 0 Å². The molecule has 7 heteroatoms. The van der Waals surface area contributed by atoms with E-state index in [2.05, 4.69) is 10.6 Å². The molecule has 0 fully saturated rings. The van der Waals surface area contributed by atoms with Crippen LogP contribution in [-0.2, 0) is 16.1 Å². The number of carbonyl (C=O) groups excluding carboxylic acids is 2. The fraction of sp³-hybridized carbons (Fsp3) is 0.176. The summed E-state index contributed by atoms with van der Waals surface area (Å²) < 4.78 is 18.2. The highest BCUT2D eigenvalue weighted by Crippen LogP contribution is 2.31. The number of hydrogen-bond acceptors (Lipinski definition) is 4. The second-order valence-electron chi connectivity index (χ2n) is 5.19. The van der Waals surface area contributed by atoms with E-state index in [-0.39, 0.29) is 18.4 Å². The zero-order valence-corrected chi connectivity index (χ0v) is 13.5. The van der Waals surface area contributed by atoms with Gasteiger partial charge in [0.2, 0.25) is 5.91 Å². The van der Waals surface area contributed by atoms with Crippen molar-refractivity contribution < 1.29 is 18.7 Å². The van der Waals surface area contributed by atoms with Crippen molar-refractivity contribution in [3.05, 3.63) is 53.8 Å². The van der Waals surface area contributed by atoms with E-state index in [9.17, 15) is 14.0 Å². The first-order valence-electron chi connectivity index (χ1n) is 7.31. The summed E-state index contributed by atoms with van der Waals surface area (Å²) in [6.45, 7) is 0.125. The molecule has 0 bridgehead atoms. The molecule has 2 aromatic carbocycles. The smallest absolute Gasteiger partial charge is 0.258 e. The highest BCUT2D eigenvalue weighted by Gasteiger charge is 2.15. The fourth-order valence-corrected chi connectivity index (χ4v) is 2.99. The van der Waals surface area contributed by atoms with Gasteiger partial charge < -0.3 is 15.4 Å². The first kappa shape index (κ1) is 16.3. The Labute approximate surface area is 142 Å². The average molecular weight is 346 g/mol. The van der Waals surface area contributed by atoms with Crippen LogP contribution in [0.2, 0.25) is 0 Å². The molecule has 0 aromatic heterocycles. The molecule has 2 aromatic rings. The van der Waals surface area contributed by atoms with Crippen molar-refractivity contribution in [2.75, 3.05) is 17.7 Å². The van der Waals surface area contributed by atoms with Crippen molar-refractivity contribution in [1.82, 2.24) is 5.32 Å². The molecule has 0 aliphatic carbocycles. The molecule has 0 spiro atoms. The summed E-state index contributed by atoms with van der Waals surface area (Å²) in [5.74, 6) is -0.0336. The van der Waals surface area contributed by atoms with Crippen molar-refractivity contribution in [2.45, 2.75) is 11.4 Å². The Morgan fingerprint density at radius 2 is 2.17 bits per heavy atom. The summed E-state index contributed by atoms with van der Waals surface area (Å²) in [6.07, 6.45) is 0. The van der Waals surface area contributed by atoms with Crippen LogP contribution in [0.3, 0.4) is 0 Å². The van der Waals surface area contributed by atoms with E-state index < -0.39 is 5.82 Å². The summed E-state index contributed by atoms with van der Waals surface area (Å²) in [5.41, 5.74) is 1.63. The van der Waals surface area contributed by atoms with Gasteiger partial charge in [0, 0.05) is 17.5 Å². The van der Waals surface area contributed by atoms with E-state index in [1.807, 2.05) is 18.2 Å². The molecule has 3 rings (SSSR count). The Morgan fingerprint density at radius 3 is 3.00 bits per heavy atom. The molecule has 5 nitrogen and oxygen atoms in total. The topological polar surface area (TPSA) is 67.4 Å². The van der Waals surface area contributed by atoms with E-state index in [1.54, 1.807) is 6.07 Å². The second kappa shape index (κ2) is 7.35. The van der Waals surface area contributed by atoms with Crippen LogP contribution in [0.25, 0.3) is 0 Å². The SMILES string of the molecule is O=C(COc1cccc(F)c1)NCc1ccc2c(c1)NC(=O)CS2. The molecule has 1 aliphatic heterocycles. The van der Waals surface area contributed by atoms with E-state index >= 15 is 0 Å². The lowest BCUT2D eigenvalue weighted by Crippen LogP contribution is -2.28. The predicted molar refractivity (Wildman–Crippen MR) is 89.5 cm³/mol. The molecule has 0 radical (unpaired) electrons. The van der Waals surface area contributed by atoms with Gasteiger partial charge in [0.15, 0.2) is 6.61 Å². The van der Waals surface area contributed by atoms with Gasteiger partial charge in [-0.15, -0.1) is 11.8 Å². The Bertz CT molecular complexity index is 782. The van der Waals surface area contributed by atoms with Gasteiger partial charge in [0.1, 0.15) is 11.6 Å². The molecule has 2 amide bonds. The molecule has 0 saturated heterocycles. The lowest BCUT2D eigenvalue weighted by atomic mass is 10.2. The molecule has 0 saturated carbocycles. The van der Waals surface area contributed by atoms with Gasteiger partial charge in [0.25, 0.3) is 5.91 Å². The van der Waals surface area contributed by atoms with Crippen LogP contribution in [0.15, 0.2) is 47.4 Å². The van der Waals surface area contributed by atoms with Crippen molar-refractivity contribution in [2.24, 2.45) is 0 Å². The maximum atomic E-state index is 13.0. The van der Waals surface area contributed by atoms with Crippen LogP contribution in [0, 0.1) is 5.82 Å². The van der Waals surface area contributed by atoms with Crippen LogP contribution < -0.4 is 15.4 Å². The number of rotatable bonds is 5. The van der Waals surface area contributed by atoms with Crippen molar-refractivity contribution >= 4 is 29.3 Å². The Hall–Kier alpha value is -2.54. The quantitative estimate of drug-likeness (QED) is 0.873. The van der Waals surface area contributed by atoms with Crippen LogP contribution in [0.5, 0.6) is 5.75 Å². The number of anilines is 1. The number of benzene rings is 2. The Morgan fingerprint density at radius 1 is 1.29 bits per heavy atom. The minimum atomic E-state index is -0.415. The number of amides is 2. The zero-order chi connectivity index (χ0) is 16.9. The number of carbonyl (C=O) groups is 2. The van der Waals surface area contributed by atoms with Crippen LogP contribution >= 0.6 is 11.8 Å². The van der Waals surface area contributed by atoms with E-state index in [0.29, 0.717) is 18.0 Å². The maximum Gasteiger partial charge on any atom is 0.258 e. The molecule has 0 atom stereocenters. The molecule has 0 unspecified atom stereocenters. The van der Waals surface area contributed by atoms with Crippen LogP contribution in [0.1, 0.15) is 5.56 Å². The number of halogens is 1. The third-order valence-corrected chi connectivity index (χ3v) is 4.41. The largest absolute Gasteiger partial charge is 0.484 e. The number of nitrogens with one attached hydrogen (secondary N) is 2. The minimum Gasteiger partial charge on any atom is -0.484 e. The molecular formula is C17H15FN2O3S. The molecular weight excluding hydrogens is 331 g/mol. The van der Waals surface area contributed by atoms with E-state index in [0.717, 1.165) is 16.1 Å². The van der Waals surface area contributed by atoms with Gasteiger partial charge in [-0.1, -0.05) is 12.1 Å². The normalized spacial score (nSPS) is 13.0. The van der Waals surface area contributed by atoms with Crippen molar-refractivity contribution in [3.63, 3.8) is 0 Å². The summed E-state index contributed by atoms with van der Waals surface area (Å²) >= 11 is 1.49. The highest BCUT2D eigenvalue weighted by molar-refractivity contribution is 8.00. The number of ether oxygens (including phenoxy) is 1. The van der Waals surface area contributed by atoms with Gasteiger partial charge in [-0.25, -0.2) is 4.39 Å². The highest BCUT2D eigenvalue weighted by atomic mass is 32.2. The van der Waals surface area contributed by atoms with Gasteiger partial charge in [-0.3, -0.25) is 9.59 Å². The summed E-state index contributed by atoms with van der Waals surface area (Å²) in [5, 5.41) is 5.53. The average Bonchev–Trinajstić information content (AvgIpc) is 2.58. The van der Waals surface area contributed by atoms with E-state index in [4.69, 9.17) is 4.74 Å². The first-order chi connectivity index (χ1) is 11.6. The van der Waals surface area contributed by atoms with Gasteiger partial charge in [0.05, 0.1) is 11.4 Å². The minimum absolute atomic E-state index is 0.0304. The first-order valence-corrected chi connectivity index (χ1v) is 8.29. The third kappa shape index (κ3) is 4.26. The van der Waals surface area contributed by atoms with Crippen LogP contribution in [-0.4, -0.2) is 24.2 Å². The molecule has 24 heavy (non-hydrogen) atoms. The molecule has 1 heterocycles. The number of hydrogen-bond donors (Lipinski definition) is 2. The predicted octanol–water partition coefficient (Wildman–Crippen LogP) is 2.57. The van der Waals surface area contributed by atoms with E-state index in [1.165, 1.54) is 30.0 Å². The monoisotopic (exact) mass is 346 g/mol. The van der Waals surface area contributed by atoms with Gasteiger partial charge in [-0.2, -0.15) is 0 Å². The Kier molecular flexibility index (Phi) is 5.00. The summed E-state index contributed by atoms with van der Waals surface area (Å²) in [7, 11) is 0. The second-order valence-corrected chi connectivity index (χ2v) is 6.21. The fourth-order valence-electron chi connectivity index (χ4n) is 2.20. The lowest BCUT2D eigenvalue weighted by Gasteiger charge is -2.17. The zero-order valence-electron chi connectivity index (χ0n) is 12.7. The molecule has 1 aliphatic rings. The maximum absolute atomic E-state index is 13.0. The summed E-state index contributed by atoms with van der Waals surface area (Å²) in [4.78, 5) is 24.2. The third-order valence-electron chi connectivity index (χ3n) is 3.33. The lowest BCUT2D eigenvalue weighted by molar-refractivity contribution is -0.123. The Balaban J connectivity index is 1.51.